The molecule has 1 aliphatic rings. The normalized spacial score (nSPS) is 16.5. The molecule has 1 N–H and O–H groups in total. The lowest BCUT2D eigenvalue weighted by Gasteiger charge is -2.36. The van der Waals surface area contributed by atoms with Crippen LogP contribution in [-0.2, 0) is 11.0 Å². The molecule has 0 radical (unpaired) electrons. The Hall–Kier alpha value is -2.25. The van der Waals surface area contributed by atoms with Crippen LogP contribution >= 0.6 is 11.6 Å². The fourth-order valence-corrected chi connectivity index (χ4v) is 3.74. The number of hydrogen-bond donors (Lipinski definition) is 1. The first-order chi connectivity index (χ1) is 13.7. The Morgan fingerprint density at radius 3 is 2.45 bits per heavy atom. The number of hydrogen-bond acceptors (Lipinski definition) is 3. The largest absolute Gasteiger partial charge is 0.416 e. The Morgan fingerprint density at radius 1 is 1.10 bits per heavy atom. The molecule has 3 rings (SSSR count). The summed E-state index contributed by atoms with van der Waals surface area (Å²) in [6, 6.07) is 12.5. The van der Waals surface area contributed by atoms with E-state index in [-0.39, 0.29) is 18.5 Å². The Balaban J connectivity index is 1.51. The van der Waals surface area contributed by atoms with Gasteiger partial charge in [0.05, 0.1) is 18.2 Å². The van der Waals surface area contributed by atoms with Gasteiger partial charge >= 0.3 is 6.18 Å². The fraction of sp³-hybridized carbons (Fsp3) is 0.381. The van der Waals surface area contributed by atoms with Gasteiger partial charge < -0.3 is 10.2 Å². The number of piperazine rings is 1. The molecule has 2 aromatic carbocycles. The number of nitrogens with one attached hydrogen (secondary N) is 1. The van der Waals surface area contributed by atoms with Crippen LogP contribution in [0.4, 0.5) is 18.9 Å². The first-order valence-electron chi connectivity index (χ1n) is 9.42. The molecule has 1 aliphatic heterocycles. The maximum atomic E-state index is 12.9. The Morgan fingerprint density at radius 2 is 1.79 bits per heavy atom. The summed E-state index contributed by atoms with van der Waals surface area (Å²) in [5.41, 5.74) is 0.763. The topological polar surface area (TPSA) is 35.6 Å². The van der Waals surface area contributed by atoms with Gasteiger partial charge in [-0.2, -0.15) is 13.2 Å². The van der Waals surface area contributed by atoms with E-state index in [0.717, 1.165) is 11.6 Å². The van der Waals surface area contributed by atoms with Gasteiger partial charge in [-0.05, 0) is 36.8 Å². The van der Waals surface area contributed by atoms with Gasteiger partial charge in [-0.15, -0.1) is 0 Å². The van der Waals surface area contributed by atoms with Gasteiger partial charge in [0.25, 0.3) is 0 Å². The molecular formula is C21H23ClF3N3O. The maximum absolute atomic E-state index is 12.9. The van der Waals surface area contributed by atoms with Crippen molar-refractivity contribution >= 4 is 23.2 Å². The molecule has 1 atom stereocenters. The average molecular weight is 426 g/mol. The number of anilines is 1. The van der Waals surface area contributed by atoms with Crippen molar-refractivity contribution in [3.05, 3.63) is 64.7 Å². The van der Waals surface area contributed by atoms with E-state index < -0.39 is 11.7 Å². The van der Waals surface area contributed by atoms with Crippen molar-refractivity contribution in [1.29, 1.82) is 0 Å². The Bertz CT molecular complexity index is 851. The van der Waals surface area contributed by atoms with Crippen molar-refractivity contribution in [3.63, 3.8) is 0 Å². The molecule has 0 aliphatic carbocycles. The average Bonchev–Trinajstić information content (AvgIpc) is 2.68. The van der Waals surface area contributed by atoms with E-state index in [1.807, 2.05) is 34.9 Å². The second-order valence-corrected chi connectivity index (χ2v) is 7.53. The summed E-state index contributed by atoms with van der Waals surface area (Å²) in [5.74, 6) is -0.107. The lowest BCUT2D eigenvalue weighted by molar-refractivity contribution is -0.137. The molecule has 0 aromatic heterocycles. The van der Waals surface area contributed by atoms with E-state index >= 15 is 0 Å². The number of nitrogens with zero attached hydrogens (tertiary/aromatic N) is 2. The number of carbonyl (C=O) groups is 1. The smallest absolute Gasteiger partial charge is 0.369 e. The van der Waals surface area contributed by atoms with Gasteiger partial charge in [-0.25, -0.2) is 0 Å². The molecule has 1 heterocycles. The molecule has 1 amide bonds. The van der Waals surface area contributed by atoms with Crippen LogP contribution in [0.1, 0.15) is 24.1 Å². The maximum Gasteiger partial charge on any atom is 0.416 e. The summed E-state index contributed by atoms with van der Waals surface area (Å²) in [5, 5.41) is 3.55. The van der Waals surface area contributed by atoms with Crippen LogP contribution < -0.4 is 10.2 Å². The first-order valence-corrected chi connectivity index (χ1v) is 9.80. The molecule has 1 saturated heterocycles. The highest BCUT2D eigenvalue weighted by molar-refractivity contribution is 6.31. The minimum Gasteiger partial charge on any atom is -0.369 e. The third-order valence-electron chi connectivity index (χ3n) is 5.03. The summed E-state index contributed by atoms with van der Waals surface area (Å²) in [6.07, 6.45) is -4.35. The Kier molecular flexibility index (Phi) is 6.70. The second-order valence-electron chi connectivity index (χ2n) is 7.12. The molecule has 2 aromatic rings. The van der Waals surface area contributed by atoms with Crippen molar-refractivity contribution in [2.75, 3.05) is 37.6 Å². The number of alkyl halides is 3. The lowest BCUT2D eigenvalue weighted by Crippen LogP contribution is -2.49. The molecule has 8 heteroatoms. The standard InChI is InChI=1S/C21H23ClF3N3O/c1-15(18-7-2-3-8-19(18)22)26-20(29)14-27-9-11-28(12-10-27)17-6-4-5-16(13-17)21(23,24)25/h2-8,13,15H,9-12,14H2,1H3,(H,26,29). The highest BCUT2D eigenvalue weighted by Crippen LogP contribution is 2.31. The van der Waals surface area contributed by atoms with Crippen molar-refractivity contribution in [2.24, 2.45) is 0 Å². The van der Waals surface area contributed by atoms with E-state index in [2.05, 4.69) is 5.32 Å². The van der Waals surface area contributed by atoms with Gasteiger partial charge in [0.2, 0.25) is 5.91 Å². The van der Waals surface area contributed by atoms with Crippen LogP contribution in [0.5, 0.6) is 0 Å². The molecule has 156 valence electrons. The van der Waals surface area contributed by atoms with Crippen LogP contribution in [0, 0.1) is 0 Å². The number of halogens is 4. The molecular weight excluding hydrogens is 403 g/mol. The van der Waals surface area contributed by atoms with Crippen LogP contribution in [0.15, 0.2) is 48.5 Å². The highest BCUT2D eigenvalue weighted by Gasteiger charge is 2.31. The Labute approximate surface area is 173 Å². The molecule has 0 spiro atoms. The third kappa shape index (κ3) is 5.64. The molecule has 0 bridgehead atoms. The van der Waals surface area contributed by atoms with Crippen LogP contribution in [0.2, 0.25) is 5.02 Å². The van der Waals surface area contributed by atoms with Gasteiger partial charge in [0.15, 0.2) is 0 Å². The van der Waals surface area contributed by atoms with E-state index in [1.54, 1.807) is 12.1 Å². The predicted octanol–water partition coefficient (Wildman–Crippen LogP) is 4.36. The van der Waals surface area contributed by atoms with Gasteiger partial charge in [0, 0.05) is 36.9 Å². The van der Waals surface area contributed by atoms with Crippen molar-refractivity contribution in [2.45, 2.75) is 19.1 Å². The van der Waals surface area contributed by atoms with E-state index in [4.69, 9.17) is 11.6 Å². The number of amides is 1. The minimum atomic E-state index is -4.35. The summed E-state index contributed by atoms with van der Waals surface area (Å²) < 4.78 is 38.7. The van der Waals surface area contributed by atoms with Gasteiger partial charge in [0.1, 0.15) is 0 Å². The summed E-state index contributed by atoms with van der Waals surface area (Å²) in [7, 11) is 0. The summed E-state index contributed by atoms with van der Waals surface area (Å²) >= 11 is 6.17. The monoisotopic (exact) mass is 425 g/mol. The van der Waals surface area contributed by atoms with Crippen LogP contribution in [0.25, 0.3) is 0 Å². The quantitative estimate of drug-likeness (QED) is 0.773. The minimum absolute atomic E-state index is 0.107. The summed E-state index contributed by atoms with van der Waals surface area (Å²) in [6.45, 7) is 4.45. The van der Waals surface area contributed by atoms with Crippen molar-refractivity contribution < 1.29 is 18.0 Å². The SMILES string of the molecule is CC(NC(=O)CN1CCN(c2cccc(C(F)(F)F)c2)CC1)c1ccccc1Cl. The number of carbonyl (C=O) groups excluding carboxylic acids is 1. The van der Waals surface area contributed by atoms with E-state index in [0.29, 0.717) is 36.9 Å². The first kappa shape index (κ1) is 21.5. The van der Waals surface area contributed by atoms with Gasteiger partial charge in [-0.3, -0.25) is 9.69 Å². The molecule has 0 saturated carbocycles. The number of benzene rings is 2. The summed E-state index contributed by atoms with van der Waals surface area (Å²) in [4.78, 5) is 16.3. The lowest BCUT2D eigenvalue weighted by atomic mass is 10.1. The predicted molar refractivity (Wildman–Crippen MR) is 108 cm³/mol. The highest BCUT2D eigenvalue weighted by atomic mass is 35.5. The zero-order valence-corrected chi connectivity index (χ0v) is 16.8. The van der Waals surface area contributed by atoms with Gasteiger partial charge in [-0.1, -0.05) is 35.9 Å². The fourth-order valence-electron chi connectivity index (χ4n) is 3.44. The molecule has 29 heavy (non-hydrogen) atoms. The zero-order valence-electron chi connectivity index (χ0n) is 16.0. The van der Waals surface area contributed by atoms with Crippen LogP contribution in [0.3, 0.4) is 0 Å². The van der Waals surface area contributed by atoms with Crippen LogP contribution in [-0.4, -0.2) is 43.5 Å². The molecule has 1 unspecified atom stereocenters. The number of rotatable bonds is 5. The zero-order chi connectivity index (χ0) is 21.0. The van der Waals surface area contributed by atoms with Crippen molar-refractivity contribution in [3.8, 4) is 0 Å². The van der Waals surface area contributed by atoms with Crippen molar-refractivity contribution in [1.82, 2.24) is 10.2 Å². The molecule has 4 nitrogen and oxygen atoms in total. The second kappa shape index (κ2) is 9.05. The van der Waals surface area contributed by atoms with E-state index in [1.165, 1.54) is 12.1 Å². The van der Waals surface area contributed by atoms with E-state index in [9.17, 15) is 18.0 Å². The third-order valence-corrected chi connectivity index (χ3v) is 5.37. The molecule has 1 fully saturated rings.